The Morgan fingerprint density at radius 3 is 2.59 bits per heavy atom. The Hall–Kier alpha value is -0.860. The standard InChI is InChI=1S/C15H22O2/c1-11-7-8-13(9-12(11)2)15(16)10-17-14-5-3-4-6-14/h7-9,14-16H,3-6,10H2,1-2H3. The van der Waals surface area contributed by atoms with E-state index in [-0.39, 0.29) is 0 Å². The Morgan fingerprint density at radius 1 is 1.24 bits per heavy atom. The fourth-order valence-corrected chi connectivity index (χ4v) is 2.35. The van der Waals surface area contributed by atoms with Gasteiger partial charge in [0.2, 0.25) is 0 Å². The van der Waals surface area contributed by atoms with E-state index in [1.165, 1.54) is 24.0 Å². The maximum atomic E-state index is 10.1. The van der Waals surface area contributed by atoms with Crippen LogP contribution in [0.25, 0.3) is 0 Å². The third-order valence-electron chi connectivity index (χ3n) is 3.71. The van der Waals surface area contributed by atoms with Crippen molar-refractivity contribution in [2.24, 2.45) is 0 Å². The summed E-state index contributed by atoms with van der Waals surface area (Å²) >= 11 is 0. The molecular weight excluding hydrogens is 212 g/mol. The van der Waals surface area contributed by atoms with Crippen LogP contribution in [0.1, 0.15) is 48.5 Å². The average Bonchev–Trinajstić information content (AvgIpc) is 2.82. The minimum absolute atomic E-state index is 0.371. The van der Waals surface area contributed by atoms with Gasteiger partial charge in [0.1, 0.15) is 6.10 Å². The first-order valence-corrected chi connectivity index (χ1v) is 6.53. The Morgan fingerprint density at radius 2 is 1.94 bits per heavy atom. The molecule has 0 spiro atoms. The first-order chi connectivity index (χ1) is 8.16. The molecule has 94 valence electrons. The summed E-state index contributed by atoms with van der Waals surface area (Å²) in [5, 5.41) is 10.1. The first-order valence-electron chi connectivity index (χ1n) is 6.53. The highest BCUT2D eigenvalue weighted by atomic mass is 16.5. The van der Waals surface area contributed by atoms with Gasteiger partial charge in [0, 0.05) is 0 Å². The van der Waals surface area contributed by atoms with E-state index in [9.17, 15) is 5.11 Å². The Bertz CT molecular complexity index is 367. The summed E-state index contributed by atoms with van der Waals surface area (Å²) in [6.45, 7) is 4.58. The number of ether oxygens (including phenoxy) is 1. The molecule has 0 amide bonds. The number of rotatable bonds is 4. The van der Waals surface area contributed by atoms with E-state index < -0.39 is 6.10 Å². The highest BCUT2D eigenvalue weighted by Crippen LogP contribution is 2.23. The molecule has 0 aromatic heterocycles. The topological polar surface area (TPSA) is 29.5 Å². The zero-order valence-corrected chi connectivity index (χ0v) is 10.8. The molecule has 1 atom stereocenters. The average molecular weight is 234 g/mol. The second-order valence-corrected chi connectivity index (χ2v) is 5.10. The Labute approximate surface area is 104 Å². The van der Waals surface area contributed by atoms with E-state index in [0.29, 0.717) is 12.7 Å². The molecule has 1 saturated carbocycles. The Kier molecular flexibility index (Phi) is 4.19. The summed E-state index contributed by atoms with van der Waals surface area (Å²) < 4.78 is 5.74. The molecule has 0 saturated heterocycles. The second kappa shape index (κ2) is 5.65. The molecule has 2 nitrogen and oxygen atoms in total. The molecule has 1 fully saturated rings. The van der Waals surface area contributed by atoms with Gasteiger partial charge < -0.3 is 9.84 Å². The van der Waals surface area contributed by atoms with Crippen LogP contribution in [0.15, 0.2) is 18.2 Å². The minimum Gasteiger partial charge on any atom is -0.386 e. The van der Waals surface area contributed by atoms with E-state index in [0.717, 1.165) is 18.4 Å². The molecule has 1 aliphatic rings. The maximum absolute atomic E-state index is 10.1. The van der Waals surface area contributed by atoms with Crippen molar-refractivity contribution >= 4 is 0 Å². The van der Waals surface area contributed by atoms with Crippen LogP contribution in [0, 0.1) is 13.8 Å². The van der Waals surface area contributed by atoms with Crippen LogP contribution >= 0.6 is 0 Å². The molecule has 1 N–H and O–H groups in total. The molecule has 1 aromatic carbocycles. The first kappa shape index (κ1) is 12.6. The highest BCUT2D eigenvalue weighted by Gasteiger charge is 2.17. The molecule has 0 radical (unpaired) electrons. The normalized spacial score (nSPS) is 18.5. The second-order valence-electron chi connectivity index (χ2n) is 5.10. The molecular formula is C15H22O2. The van der Waals surface area contributed by atoms with Crippen molar-refractivity contribution in [2.45, 2.75) is 51.7 Å². The van der Waals surface area contributed by atoms with Gasteiger partial charge >= 0.3 is 0 Å². The summed E-state index contributed by atoms with van der Waals surface area (Å²) in [6.07, 6.45) is 4.72. The third kappa shape index (κ3) is 3.30. The Balaban J connectivity index is 1.89. The molecule has 17 heavy (non-hydrogen) atoms. The van der Waals surface area contributed by atoms with E-state index >= 15 is 0 Å². The van der Waals surface area contributed by atoms with E-state index in [1.807, 2.05) is 6.07 Å². The number of benzene rings is 1. The predicted molar refractivity (Wildman–Crippen MR) is 69.1 cm³/mol. The highest BCUT2D eigenvalue weighted by molar-refractivity contribution is 5.31. The lowest BCUT2D eigenvalue weighted by Gasteiger charge is -2.16. The molecule has 1 unspecified atom stereocenters. The predicted octanol–water partition coefficient (Wildman–Crippen LogP) is 3.30. The summed E-state index contributed by atoms with van der Waals surface area (Å²) in [6, 6.07) is 6.10. The fraction of sp³-hybridized carbons (Fsp3) is 0.600. The number of aliphatic hydroxyl groups is 1. The zero-order valence-electron chi connectivity index (χ0n) is 10.8. The van der Waals surface area contributed by atoms with Crippen molar-refractivity contribution in [1.29, 1.82) is 0 Å². The van der Waals surface area contributed by atoms with Crippen LogP contribution in [0.4, 0.5) is 0 Å². The molecule has 1 aromatic rings. The largest absolute Gasteiger partial charge is 0.386 e. The number of hydrogen-bond donors (Lipinski definition) is 1. The van der Waals surface area contributed by atoms with E-state index in [2.05, 4.69) is 26.0 Å². The van der Waals surface area contributed by atoms with Gasteiger partial charge in [-0.25, -0.2) is 0 Å². The lowest BCUT2D eigenvalue weighted by molar-refractivity contribution is -0.00700. The van der Waals surface area contributed by atoms with Gasteiger partial charge in [-0.15, -0.1) is 0 Å². The summed E-state index contributed by atoms with van der Waals surface area (Å²) in [5.41, 5.74) is 3.45. The van der Waals surface area contributed by atoms with Crippen molar-refractivity contribution in [3.63, 3.8) is 0 Å². The van der Waals surface area contributed by atoms with Gasteiger partial charge in [-0.1, -0.05) is 31.0 Å². The molecule has 0 aliphatic heterocycles. The van der Waals surface area contributed by atoms with Gasteiger partial charge in [-0.05, 0) is 43.4 Å². The van der Waals surface area contributed by atoms with Gasteiger partial charge in [0.05, 0.1) is 12.7 Å². The molecule has 2 heteroatoms. The lowest BCUT2D eigenvalue weighted by atomic mass is 10.0. The SMILES string of the molecule is Cc1ccc(C(O)COC2CCCC2)cc1C. The van der Waals surface area contributed by atoms with Gasteiger partial charge in [-0.3, -0.25) is 0 Å². The van der Waals surface area contributed by atoms with Crippen LogP contribution < -0.4 is 0 Å². The molecule has 0 heterocycles. The smallest absolute Gasteiger partial charge is 0.102 e. The zero-order chi connectivity index (χ0) is 12.3. The lowest BCUT2D eigenvalue weighted by Crippen LogP contribution is -2.14. The number of hydrogen-bond acceptors (Lipinski definition) is 2. The maximum Gasteiger partial charge on any atom is 0.102 e. The van der Waals surface area contributed by atoms with Crippen molar-refractivity contribution in [1.82, 2.24) is 0 Å². The van der Waals surface area contributed by atoms with Crippen LogP contribution in [0.2, 0.25) is 0 Å². The van der Waals surface area contributed by atoms with E-state index in [1.54, 1.807) is 0 Å². The van der Waals surface area contributed by atoms with Gasteiger partial charge in [-0.2, -0.15) is 0 Å². The van der Waals surface area contributed by atoms with Crippen molar-refractivity contribution in [3.8, 4) is 0 Å². The quantitative estimate of drug-likeness (QED) is 0.866. The monoisotopic (exact) mass is 234 g/mol. The molecule has 1 aliphatic carbocycles. The van der Waals surface area contributed by atoms with Gasteiger partial charge in [0.15, 0.2) is 0 Å². The minimum atomic E-state index is -0.491. The number of aliphatic hydroxyl groups excluding tert-OH is 1. The van der Waals surface area contributed by atoms with Crippen LogP contribution in [-0.2, 0) is 4.74 Å². The van der Waals surface area contributed by atoms with Crippen molar-refractivity contribution in [2.75, 3.05) is 6.61 Å². The van der Waals surface area contributed by atoms with Crippen molar-refractivity contribution < 1.29 is 9.84 Å². The molecule has 2 rings (SSSR count). The molecule has 0 bridgehead atoms. The summed E-state index contributed by atoms with van der Waals surface area (Å²) in [7, 11) is 0. The van der Waals surface area contributed by atoms with Crippen molar-refractivity contribution in [3.05, 3.63) is 34.9 Å². The summed E-state index contributed by atoms with van der Waals surface area (Å²) in [4.78, 5) is 0. The van der Waals surface area contributed by atoms with E-state index in [4.69, 9.17) is 4.74 Å². The van der Waals surface area contributed by atoms with Gasteiger partial charge in [0.25, 0.3) is 0 Å². The van der Waals surface area contributed by atoms with Crippen LogP contribution in [-0.4, -0.2) is 17.8 Å². The van der Waals surface area contributed by atoms with Crippen LogP contribution in [0.5, 0.6) is 0 Å². The van der Waals surface area contributed by atoms with Crippen LogP contribution in [0.3, 0.4) is 0 Å². The third-order valence-corrected chi connectivity index (χ3v) is 3.71. The fourth-order valence-electron chi connectivity index (χ4n) is 2.35. The number of aryl methyl sites for hydroxylation is 2. The summed E-state index contributed by atoms with van der Waals surface area (Å²) in [5.74, 6) is 0.